The molecule has 0 bridgehead atoms. The molecule has 3 aromatic rings. The molecule has 134 valence electrons. The quantitative estimate of drug-likeness (QED) is 0.552. The highest BCUT2D eigenvalue weighted by atomic mass is 35.5. The molecule has 5 nitrogen and oxygen atoms in total. The zero-order chi connectivity index (χ0) is 16.0. The molecule has 0 amide bonds. The Bertz CT molecular complexity index is 894. The molecule has 0 fully saturated rings. The summed E-state index contributed by atoms with van der Waals surface area (Å²) in [6.45, 7) is 1.98. The van der Waals surface area contributed by atoms with Crippen molar-refractivity contribution < 1.29 is 5.48 Å². The first kappa shape index (κ1) is 19.6. The van der Waals surface area contributed by atoms with Crippen molar-refractivity contribution in [3.05, 3.63) is 36.4 Å². The molecule has 7 heteroatoms. The molecule has 0 saturated heterocycles. The largest absolute Gasteiger partial charge is 0.412 e. The number of aromatic nitrogens is 2. The molecule has 0 spiro atoms. The van der Waals surface area contributed by atoms with Gasteiger partial charge in [0, 0.05) is 33.0 Å². The fourth-order valence-electron chi connectivity index (χ4n) is 3.12. The van der Waals surface area contributed by atoms with Crippen molar-refractivity contribution in [1.29, 1.82) is 0 Å². The smallest absolute Gasteiger partial charge is 0.103 e. The van der Waals surface area contributed by atoms with Crippen LogP contribution in [0.25, 0.3) is 22.2 Å². The van der Waals surface area contributed by atoms with Crippen LogP contribution in [-0.4, -0.2) is 40.8 Å². The molecule has 2 aromatic carbocycles. The molecule has 0 radical (unpaired) electrons. The summed E-state index contributed by atoms with van der Waals surface area (Å²) < 4.78 is 2.14. The third-order valence-electron chi connectivity index (χ3n) is 4.23. The lowest BCUT2D eigenvalue weighted by Gasteiger charge is -2.16. The van der Waals surface area contributed by atoms with Crippen LogP contribution in [0.15, 0.2) is 46.2 Å². The van der Waals surface area contributed by atoms with Gasteiger partial charge in [0.1, 0.15) is 5.69 Å². The number of benzene rings is 2. The number of anilines is 1. The second-order valence-electron chi connectivity index (χ2n) is 6.20. The van der Waals surface area contributed by atoms with Gasteiger partial charge in [-0.05, 0) is 45.3 Å². The van der Waals surface area contributed by atoms with Gasteiger partial charge in [-0.25, -0.2) is 0 Å². The average molecular weight is 379 g/mol. The van der Waals surface area contributed by atoms with Gasteiger partial charge >= 0.3 is 0 Å². The average Bonchev–Trinajstić information content (AvgIpc) is 2.90. The number of hydrogen-bond donors (Lipinski definition) is 1. The van der Waals surface area contributed by atoms with Crippen LogP contribution in [-0.2, 0) is 6.54 Å². The summed E-state index contributed by atoms with van der Waals surface area (Å²) in [5.41, 5.74) is 10.6. The van der Waals surface area contributed by atoms with Crippen molar-refractivity contribution in [2.24, 2.45) is 0 Å². The first-order valence-corrected chi connectivity index (χ1v) is 8.68. The van der Waals surface area contributed by atoms with E-state index in [0.717, 1.165) is 35.8 Å². The van der Waals surface area contributed by atoms with Crippen molar-refractivity contribution >= 4 is 40.8 Å². The molecular weight excluding hydrogens is 356 g/mol. The SMILES string of the molecule is CN(C)CCCn1nc2c3c(c(N)ccc31)Sc1ccccc1-2.Cl.O. The molecule has 1 aromatic heterocycles. The first-order valence-electron chi connectivity index (χ1n) is 7.86. The third-order valence-corrected chi connectivity index (χ3v) is 5.45. The highest BCUT2D eigenvalue weighted by molar-refractivity contribution is 8.00. The van der Waals surface area contributed by atoms with E-state index < -0.39 is 0 Å². The number of rotatable bonds is 4. The molecule has 4 rings (SSSR count). The first-order chi connectivity index (χ1) is 11.1. The predicted octanol–water partition coefficient (Wildman–Crippen LogP) is 3.30. The van der Waals surface area contributed by atoms with Gasteiger partial charge in [-0.3, -0.25) is 4.68 Å². The number of nitrogens with two attached hydrogens (primary N) is 1. The van der Waals surface area contributed by atoms with Gasteiger partial charge in [0.15, 0.2) is 0 Å². The Labute approximate surface area is 157 Å². The summed E-state index contributed by atoms with van der Waals surface area (Å²) in [5, 5.41) is 6.14. The van der Waals surface area contributed by atoms with Crippen molar-refractivity contribution in [2.45, 2.75) is 22.8 Å². The Morgan fingerprint density at radius 2 is 1.92 bits per heavy atom. The van der Waals surface area contributed by atoms with E-state index in [4.69, 9.17) is 10.8 Å². The highest BCUT2D eigenvalue weighted by Crippen LogP contribution is 2.49. The number of nitrogen functional groups attached to an aromatic ring is 1. The molecule has 0 unspecified atom stereocenters. The van der Waals surface area contributed by atoms with Gasteiger partial charge < -0.3 is 16.1 Å². The Hall–Kier alpha value is -1.73. The second kappa shape index (κ2) is 7.66. The number of halogens is 1. The molecule has 0 saturated carbocycles. The van der Waals surface area contributed by atoms with Crippen molar-refractivity contribution in [2.75, 3.05) is 26.4 Å². The maximum Gasteiger partial charge on any atom is 0.103 e. The van der Waals surface area contributed by atoms with Gasteiger partial charge in [-0.1, -0.05) is 30.0 Å². The van der Waals surface area contributed by atoms with E-state index in [9.17, 15) is 0 Å². The highest BCUT2D eigenvalue weighted by Gasteiger charge is 2.24. The Morgan fingerprint density at radius 3 is 2.68 bits per heavy atom. The Balaban J connectivity index is 0.00000113. The van der Waals surface area contributed by atoms with Gasteiger partial charge in [0.05, 0.1) is 5.52 Å². The molecule has 25 heavy (non-hydrogen) atoms. The summed E-state index contributed by atoms with van der Waals surface area (Å²) in [5.74, 6) is 0. The fourth-order valence-corrected chi connectivity index (χ4v) is 4.25. The van der Waals surface area contributed by atoms with Gasteiger partial charge in [-0.2, -0.15) is 5.10 Å². The zero-order valence-corrected chi connectivity index (χ0v) is 16.0. The Kier molecular flexibility index (Phi) is 6.00. The van der Waals surface area contributed by atoms with E-state index in [0.29, 0.717) is 0 Å². The van der Waals surface area contributed by atoms with E-state index in [1.165, 1.54) is 21.4 Å². The monoisotopic (exact) mass is 378 g/mol. The maximum atomic E-state index is 6.24. The molecular formula is C18H23ClN4OS. The summed E-state index contributed by atoms with van der Waals surface area (Å²) >= 11 is 1.76. The van der Waals surface area contributed by atoms with Crippen molar-refractivity contribution in [3.63, 3.8) is 0 Å². The zero-order valence-electron chi connectivity index (χ0n) is 14.3. The van der Waals surface area contributed by atoms with Gasteiger partial charge in [0.25, 0.3) is 0 Å². The van der Waals surface area contributed by atoms with Gasteiger partial charge in [-0.15, -0.1) is 12.4 Å². The van der Waals surface area contributed by atoms with Crippen molar-refractivity contribution in [1.82, 2.24) is 14.7 Å². The standard InChI is InChI=1S/C18H20N4S.ClH.H2O/c1-21(2)10-5-11-22-14-9-8-13(19)18-16(14)17(20-22)12-6-3-4-7-15(12)23-18;;/h3-4,6-9H,5,10-11,19H2,1-2H3;1H;1H2. The lowest BCUT2D eigenvalue weighted by atomic mass is 10.1. The van der Waals surface area contributed by atoms with E-state index in [2.05, 4.69) is 54.0 Å². The van der Waals surface area contributed by atoms with Crippen LogP contribution in [0.4, 0.5) is 5.69 Å². The number of fused-ring (bicyclic) bond motifs is 2. The summed E-state index contributed by atoms with van der Waals surface area (Å²) in [4.78, 5) is 4.59. The molecule has 0 atom stereocenters. The second-order valence-corrected chi connectivity index (χ2v) is 7.26. The molecule has 0 aliphatic carbocycles. The number of aryl methyl sites for hydroxylation is 1. The van der Waals surface area contributed by atoms with Crippen LogP contribution in [0.3, 0.4) is 0 Å². The summed E-state index contributed by atoms with van der Waals surface area (Å²) in [7, 11) is 4.21. The van der Waals surface area contributed by atoms with Crippen LogP contribution >= 0.6 is 24.2 Å². The summed E-state index contributed by atoms with van der Waals surface area (Å²) in [6, 6.07) is 12.6. The van der Waals surface area contributed by atoms with E-state index in [1.54, 1.807) is 11.8 Å². The molecule has 2 heterocycles. The maximum absolute atomic E-state index is 6.24. The number of nitrogens with zero attached hydrogens (tertiary/aromatic N) is 3. The minimum Gasteiger partial charge on any atom is -0.412 e. The van der Waals surface area contributed by atoms with E-state index in [1.807, 2.05) is 6.07 Å². The molecule has 4 N–H and O–H groups in total. The third kappa shape index (κ3) is 3.35. The van der Waals surface area contributed by atoms with Crippen LogP contribution in [0, 0.1) is 0 Å². The van der Waals surface area contributed by atoms with Gasteiger partial charge in [0.2, 0.25) is 0 Å². The van der Waals surface area contributed by atoms with Crippen LogP contribution in [0.2, 0.25) is 0 Å². The van der Waals surface area contributed by atoms with Crippen molar-refractivity contribution in [3.8, 4) is 11.3 Å². The number of hydrogen-bond acceptors (Lipinski definition) is 4. The van der Waals surface area contributed by atoms with Crippen LogP contribution in [0.5, 0.6) is 0 Å². The van der Waals surface area contributed by atoms with E-state index >= 15 is 0 Å². The minimum absolute atomic E-state index is 0. The van der Waals surface area contributed by atoms with Crippen LogP contribution in [0.1, 0.15) is 6.42 Å². The normalized spacial score (nSPS) is 11.8. The lowest BCUT2D eigenvalue weighted by Crippen LogP contribution is -2.15. The molecule has 1 aliphatic rings. The fraction of sp³-hybridized carbons (Fsp3) is 0.278. The summed E-state index contributed by atoms with van der Waals surface area (Å²) in [6.07, 6.45) is 1.08. The predicted molar refractivity (Wildman–Crippen MR) is 108 cm³/mol. The lowest BCUT2D eigenvalue weighted by molar-refractivity contribution is 0.383. The minimum atomic E-state index is 0. The van der Waals surface area contributed by atoms with Crippen LogP contribution < -0.4 is 5.73 Å². The van der Waals surface area contributed by atoms with E-state index in [-0.39, 0.29) is 17.9 Å². The Morgan fingerprint density at radius 1 is 1.16 bits per heavy atom. The molecule has 1 aliphatic heterocycles. The topological polar surface area (TPSA) is 78.6 Å².